The lowest BCUT2D eigenvalue weighted by atomic mass is 9.86. The fourth-order valence-electron chi connectivity index (χ4n) is 4.67. The van der Waals surface area contributed by atoms with Crippen LogP contribution in [0.1, 0.15) is 58.9 Å². The lowest BCUT2D eigenvalue weighted by Gasteiger charge is -2.34. The molecule has 1 aliphatic rings. The second-order valence-corrected chi connectivity index (χ2v) is 11.3. The number of rotatable bonds is 11. The molecule has 0 saturated carbocycles. The van der Waals surface area contributed by atoms with Gasteiger partial charge < -0.3 is 9.69 Å². The van der Waals surface area contributed by atoms with Crippen LogP contribution in [0.2, 0.25) is 0 Å². The molecule has 1 N–H and O–H groups in total. The smallest absolute Gasteiger partial charge is 0.264 e. The molecule has 0 bridgehead atoms. The second kappa shape index (κ2) is 11.2. The molecule has 2 aromatic rings. The SMILES string of the molecule is CCCCCC(=O)NS(=O)(=O)c1ccccc1-c1ccc(CN2C=NC(C)(C)C2C(C)C=O)cc1. The molecule has 0 aliphatic carbocycles. The topological polar surface area (TPSA) is 95.9 Å². The molecular formula is C27H35N3O4S. The third-order valence-electron chi connectivity index (χ3n) is 6.39. The predicted molar refractivity (Wildman–Crippen MR) is 138 cm³/mol. The Morgan fingerprint density at radius 2 is 1.83 bits per heavy atom. The highest BCUT2D eigenvalue weighted by Crippen LogP contribution is 2.32. The third-order valence-corrected chi connectivity index (χ3v) is 7.83. The van der Waals surface area contributed by atoms with Gasteiger partial charge in [0.05, 0.1) is 22.8 Å². The van der Waals surface area contributed by atoms with Gasteiger partial charge in [0, 0.05) is 24.4 Å². The van der Waals surface area contributed by atoms with Crippen molar-refractivity contribution in [1.82, 2.24) is 9.62 Å². The number of hydrogen-bond acceptors (Lipinski definition) is 6. The number of carbonyl (C=O) groups excluding carboxylic acids is 2. The number of hydrogen-bond donors (Lipinski definition) is 1. The first-order valence-electron chi connectivity index (χ1n) is 12.1. The van der Waals surface area contributed by atoms with Crippen LogP contribution in [0.15, 0.2) is 58.4 Å². The number of benzene rings is 2. The minimum Gasteiger partial charge on any atom is -0.352 e. The van der Waals surface area contributed by atoms with E-state index in [0.29, 0.717) is 18.5 Å². The molecule has 0 fully saturated rings. The molecule has 0 radical (unpaired) electrons. The van der Waals surface area contributed by atoms with Crippen LogP contribution in [0.25, 0.3) is 11.1 Å². The lowest BCUT2D eigenvalue weighted by Crippen LogP contribution is -2.46. The van der Waals surface area contributed by atoms with E-state index in [0.717, 1.165) is 30.3 Å². The molecule has 0 spiro atoms. The van der Waals surface area contributed by atoms with Gasteiger partial charge in [-0.15, -0.1) is 0 Å². The normalized spacial score (nSPS) is 17.8. The van der Waals surface area contributed by atoms with Crippen LogP contribution in [-0.2, 0) is 26.2 Å². The minimum absolute atomic E-state index is 0.0357. The van der Waals surface area contributed by atoms with Crippen LogP contribution >= 0.6 is 0 Å². The highest BCUT2D eigenvalue weighted by molar-refractivity contribution is 7.90. The van der Waals surface area contributed by atoms with Gasteiger partial charge >= 0.3 is 0 Å². The Balaban J connectivity index is 1.79. The quantitative estimate of drug-likeness (QED) is 0.363. The van der Waals surface area contributed by atoms with Crippen LogP contribution in [0.3, 0.4) is 0 Å². The van der Waals surface area contributed by atoms with E-state index in [-0.39, 0.29) is 28.8 Å². The Kier molecular flexibility index (Phi) is 8.48. The largest absolute Gasteiger partial charge is 0.352 e. The Labute approximate surface area is 208 Å². The van der Waals surface area contributed by atoms with Gasteiger partial charge in [-0.3, -0.25) is 9.79 Å². The average molecular weight is 498 g/mol. The van der Waals surface area contributed by atoms with E-state index in [9.17, 15) is 18.0 Å². The highest BCUT2D eigenvalue weighted by atomic mass is 32.2. The first-order valence-corrected chi connectivity index (χ1v) is 13.6. The van der Waals surface area contributed by atoms with E-state index in [1.165, 1.54) is 6.07 Å². The highest BCUT2D eigenvalue weighted by Gasteiger charge is 2.40. The maximum atomic E-state index is 13.0. The monoisotopic (exact) mass is 497 g/mol. The number of nitrogens with zero attached hydrogens (tertiary/aromatic N) is 2. The first kappa shape index (κ1) is 26.6. The summed E-state index contributed by atoms with van der Waals surface area (Å²) in [6.07, 6.45) is 5.46. The summed E-state index contributed by atoms with van der Waals surface area (Å²) in [7, 11) is -4.00. The van der Waals surface area contributed by atoms with E-state index >= 15 is 0 Å². The zero-order valence-corrected chi connectivity index (χ0v) is 21.7. The molecule has 188 valence electrons. The number of amides is 1. The summed E-state index contributed by atoms with van der Waals surface area (Å²) in [6, 6.07) is 14.3. The summed E-state index contributed by atoms with van der Waals surface area (Å²) in [4.78, 5) is 30.4. The van der Waals surface area contributed by atoms with Crippen molar-refractivity contribution in [1.29, 1.82) is 0 Å². The number of unbranched alkanes of at least 4 members (excludes halogenated alkanes) is 2. The Morgan fingerprint density at radius 1 is 1.14 bits per heavy atom. The lowest BCUT2D eigenvalue weighted by molar-refractivity contribution is -0.119. The van der Waals surface area contributed by atoms with Gasteiger partial charge in [-0.1, -0.05) is 69.2 Å². The van der Waals surface area contributed by atoms with Crippen LogP contribution in [-0.4, -0.2) is 43.4 Å². The van der Waals surface area contributed by atoms with Crippen molar-refractivity contribution in [2.24, 2.45) is 10.9 Å². The maximum Gasteiger partial charge on any atom is 0.264 e. The Bertz CT molecular complexity index is 1170. The van der Waals surface area contributed by atoms with Crippen molar-refractivity contribution >= 4 is 28.6 Å². The molecule has 1 aliphatic heterocycles. The summed E-state index contributed by atoms with van der Waals surface area (Å²) in [5, 5.41) is 0. The van der Waals surface area contributed by atoms with Crippen molar-refractivity contribution in [3.8, 4) is 11.1 Å². The van der Waals surface area contributed by atoms with Gasteiger partial charge in [-0.2, -0.15) is 0 Å². The zero-order valence-electron chi connectivity index (χ0n) is 20.9. The van der Waals surface area contributed by atoms with E-state index in [4.69, 9.17) is 0 Å². The standard InChI is InChI=1S/C27H35N3O4S/c1-5-6-7-12-25(32)29-35(33,34)24-11-9-8-10-23(24)22-15-13-21(14-16-22)17-30-19-28-27(3,4)26(30)20(2)18-31/h8-11,13-16,18-20,26H,5-7,12,17H2,1-4H3,(H,29,32). The molecule has 7 nitrogen and oxygen atoms in total. The number of aldehydes is 1. The molecule has 0 saturated heterocycles. The van der Waals surface area contributed by atoms with E-state index in [1.807, 2.05) is 58.3 Å². The van der Waals surface area contributed by atoms with Crippen molar-refractivity contribution < 1.29 is 18.0 Å². The van der Waals surface area contributed by atoms with Crippen LogP contribution < -0.4 is 4.72 Å². The molecule has 2 atom stereocenters. The number of sulfonamides is 1. The van der Waals surface area contributed by atoms with Gasteiger partial charge in [-0.05, 0) is 37.5 Å². The van der Waals surface area contributed by atoms with Crippen LogP contribution in [0.4, 0.5) is 0 Å². The van der Waals surface area contributed by atoms with Crippen molar-refractivity contribution in [2.75, 3.05) is 0 Å². The molecule has 1 amide bonds. The zero-order chi connectivity index (χ0) is 25.6. The van der Waals surface area contributed by atoms with Crippen LogP contribution in [0, 0.1) is 5.92 Å². The van der Waals surface area contributed by atoms with Gasteiger partial charge in [-0.25, -0.2) is 13.1 Å². The van der Waals surface area contributed by atoms with Crippen molar-refractivity contribution in [2.45, 2.75) is 76.4 Å². The number of carbonyl (C=O) groups is 2. The summed E-state index contributed by atoms with van der Waals surface area (Å²) >= 11 is 0. The Hall–Kier alpha value is -3.00. The molecule has 2 unspecified atom stereocenters. The molecular weight excluding hydrogens is 462 g/mol. The fourth-order valence-corrected chi connectivity index (χ4v) is 5.91. The van der Waals surface area contributed by atoms with Gasteiger partial charge in [0.15, 0.2) is 0 Å². The van der Waals surface area contributed by atoms with Gasteiger partial charge in [0.25, 0.3) is 10.0 Å². The van der Waals surface area contributed by atoms with Crippen LogP contribution in [0.5, 0.6) is 0 Å². The number of nitrogens with one attached hydrogen (secondary N) is 1. The molecule has 1 heterocycles. The summed E-state index contributed by atoms with van der Waals surface area (Å²) in [6.45, 7) is 8.57. The Morgan fingerprint density at radius 3 is 2.49 bits per heavy atom. The van der Waals surface area contributed by atoms with Gasteiger partial charge in [0.2, 0.25) is 5.91 Å². The van der Waals surface area contributed by atoms with E-state index in [2.05, 4.69) is 14.6 Å². The summed E-state index contributed by atoms with van der Waals surface area (Å²) in [5.74, 6) is -0.654. The average Bonchev–Trinajstić information content (AvgIpc) is 3.12. The molecule has 0 aromatic heterocycles. The summed E-state index contributed by atoms with van der Waals surface area (Å²) < 4.78 is 28.2. The maximum absolute atomic E-state index is 13.0. The third kappa shape index (κ3) is 6.36. The summed E-state index contributed by atoms with van der Waals surface area (Å²) in [5.41, 5.74) is 1.94. The minimum atomic E-state index is -4.00. The second-order valence-electron chi connectivity index (χ2n) is 9.69. The molecule has 8 heteroatoms. The fraction of sp³-hybridized carbons (Fsp3) is 0.444. The molecule has 3 rings (SSSR count). The number of aliphatic imine (C=N–C) groups is 1. The molecule has 2 aromatic carbocycles. The van der Waals surface area contributed by atoms with Crippen molar-refractivity contribution in [3.63, 3.8) is 0 Å². The molecule has 35 heavy (non-hydrogen) atoms. The van der Waals surface area contributed by atoms with Crippen molar-refractivity contribution in [3.05, 3.63) is 54.1 Å². The van der Waals surface area contributed by atoms with Gasteiger partial charge in [0.1, 0.15) is 6.29 Å². The van der Waals surface area contributed by atoms with E-state index in [1.54, 1.807) is 18.2 Å². The van der Waals surface area contributed by atoms with E-state index < -0.39 is 15.9 Å². The predicted octanol–water partition coefficient (Wildman–Crippen LogP) is 4.56. The first-order chi connectivity index (χ1) is 16.6.